The monoisotopic (exact) mass is 259 g/mol. The highest BCUT2D eigenvalue weighted by Gasteiger charge is 2.34. The minimum Gasteiger partial charge on any atom is -0.319 e. The summed E-state index contributed by atoms with van der Waals surface area (Å²) in [5, 5.41) is 3.35. The number of hydrogen-bond acceptors (Lipinski definition) is 2. The fraction of sp³-hybridized carbons (Fsp3) is 0.533. The van der Waals surface area contributed by atoms with E-state index in [0.29, 0.717) is 6.04 Å². The molecule has 0 aromatic heterocycles. The van der Waals surface area contributed by atoms with Crippen molar-refractivity contribution >= 4 is 11.7 Å². The molecule has 1 aromatic rings. The van der Waals surface area contributed by atoms with Gasteiger partial charge in [0.1, 0.15) is 0 Å². The summed E-state index contributed by atoms with van der Waals surface area (Å²) in [5.41, 5.74) is 2.23. The summed E-state index contributed by atoms with van der Waals surface area (Å²) in [6, 6.07) is 8.79. The highest BCUT2D eigenvalue weighted by atomic mass is 16.2. The van der Waals surface area contributed by atoms with E-state index in [4.69, 9.17) is 0 Å². The van der Waals surface area contributed by atoms with Crippen molar-refractivity contribution in [3.8, 4) is 0 Å². The molecule has 0 atom stereocenters. The summed E-state index contributed by atoms with van der Waals surface area (Å²) < 4.78 is 0. The maximum absolute atomic E-state index is 12.5. The van der Waals surface area contributed by atoms with Gasteiger partial charge in [-0.05, 0) is 50.6 Å². The van der Waals surface area contributed by atoms with Crippen LogP contribution in [0.15, 0.2) is 24.3 Å². The van der Waals surface area contributed by atoms with Crippen molar-refractivity contribution in [2.45, 2.75) is 25.8 Å². The third-order valence-electron chi connectivity index (χ3n) is 4.10. The van der Waals surface area contributed by atoms with Crippen molar-refractivity contribution < 1.29 is 4.79 Å². The van der Waals surface area contributed by atoms with Crippen molar-refractivity contribution in [2.75, 3.05) is 31.1 Å². The van der Waals surface area contributed by atoms with E-state index in [1.807, 2.05) is 17.0 Å². The molecule has 2 aliphatic rings. The predicted octanol–water partition coefficient (Wildman–Crippen LogP) is 1.99. The molecule has 4 heteroatoms. The van der Waals surface area contributed by atoms with Gasteiger partial charge in [-0.25, -0.2) is 4.79 Å². The summed E-state index contributed by atoms with van der Waals surface area (Å²) in [6.45, 7) is 5.79. The van der Waals surface area contributed by atoms with Crippen molar-refractivity contribution in [1.82, 2.24) is 10.2 Å². The van der Waals surface area contributed by atoms with E-state index in [1.54, 1.807) is 0 Å². The number of carbonyl (C=O) groups is 1. The Morgan fingerprint density at radius 2 is 2.00 bits per heavy atom. The molecule has 1 N–H and O–H groups in total. The molecule has 1 aromatic carbocycles. The SMILES string of the molecule is Cc1cccc(N2CCN(C3CCNCC3)C2=O)c1. The minimum absolute atomic E-state index is 0.178. The van der Waals surface area contributed by atoms with Gasteiger partial charge in [0.15, 0.2) is 0 Å². The van der Waals surface area contributed by atoms with E-state index in [-0.39, 0.29) is 6.03 Å². The van der Waals surface area contributed by atoms with E-state index in [0.717, 1.165) is 44.7 Å². The lowest BCUT2D eigenvalue weighted by Gasteiger charge is -2.31. The first kappa shape index (κ1) is 12.5. The Morgan fingerprint density at radius 3 is 2.74 bits per heavy atom. The molecule has 0 radical (unpaired) electrons. The van der Waals surface area contributed by atoms with E-state index in [2.05, 4.69) is 29.3 Å². The molecule has 102 valence electrons. The zero-order chi connectivity index (χ0) is 13.2. The molecule has 0 saturated carbocycles. The molecule has 2 amide bonds. The normalized spacial score (nSPS) is 21.2. The lowest BCUT2D eigenvalue weighted by molar-refractivity contribution is 0.185. The van der Waals surface area contributed by atoms with Gasteiger partial charge in [0.2, 0.25) is 0 Å². The molecule has 0 unspecified atom stereocenters. The van der Waals surface area contributed by atoms with E-state index in [9.17, 15) is 4.79 Å². The van der Waals surface area contributed by atoms with Crippen molar-refractivity contribution in [3.63, 3.8) is 0 Å². The Morgan fingerprint density at radius 1 is 1.21 bits per heavy atom. The van der Waals surface area contributed by atoms with Crippen LogP contribution in [-0.4, -0.2) is 43.2 Å². The summed E-state index contributed by atoms with van der Waals surface area (Å²) in [6.07, 6.45) is 2.15. The number of piperidine rings is 1. The average Bonchev–Trinajstić information content (AvgIpc) is 2.81. The number of nitrogens with one attached hydrogen (secondary N) is 1. The van der Waals surface area contributed by atoms with Crippen LogP contribution in [0.3, 0.4) is 0 Å². The zero-order valence-corrected chi connectivity index (χ0v) is 11.4. The third kappa shape index (κ3) is 2.45. The van der Waals surface area contributed by atoms with Crippen LogP contribution in [0.4, 0.5) is 10.5 Å². The molecule has 0 spiro atoms. The Hall–Kier alpha value is -1.55. The first-order valence-electron chi connectivity index (χ1n) is 7.11. The van der Waals surface area contributed by atoms with Gasteiger partial charge in [0.25, 0.3) is 0 Å². The Labute approximate surface area is 114 Å². The van der Waals surface area contributed by atoms with Gasteiger partial charge in [-0.15, -0.1) is 0 Å². The minimum atomic E-state index is 0.178. The molecule has 2 aliphatic heterocycles. The number of rotatable bonds is 2. The van der Waals surface area contributed by atoms with Crippen LogP contribution in [0.2, 0.25) is 0 Å². The topological polar surface area (TPSA) is 35.6 Å². The maximum Gasteiger partial charge on any atom is 0.324 e. The number of anilines is 1. The molecule has 2 fully saturated rings. The summed E-state index contributed by atoms with van der Waals surface area (Å²) >= 11 is 0. The van der Waals surface area contributed by atoms with Crippen LogP contribution >= 0.6 is 0 Å². The maximum atomic E-state index is 12.5. The van der Waals surface area contributed by atoms with Crippen LogP contribution in [0.1, 0.15) is 18.4 Å². The van der Waals surface area contributed by atoms with E-state index in [1.165, 1.54) is 5.56 Å². The van der Waals surface area contributed by atoms with Crippen molar-refractivity contribution in [2.24, 2.45) is 0 Å². The number of aryl methyl sites for hydroxylation is 1. The number of carbonyl (C=O) groups excluding carboxylic acids is 1. The largest absolute Gasteiger partial charge is 0.324 e. The fourth-order valence-electron chi connectivity index (χ4n) is 3.05. The van der Waals surface area contributed by atoms with Gasteiger partial charge in [-0.3, -0.25) is 4.90 Å². The van der Waals surface area contributed by atoms with Gasteiger partial charge in [0.05, 0.1) is 0 Å². The second-order valence-corrected chi connectivity index (χ2v) is 5.45. The van der Waals surface area contributed by atoms with Gasteiger partial charge in [-0.2, -0.15) is 0 Å². The van der Waals surface area contributed by atoms with Crippen LogP contribution in [0.5, 0.6) is 0 Å². The van der Waals surface area contributed by atoms with Crippen molar-refractivity contribution in [1.29, 1.82) is 0 Å². The molecule has 3 rings (SSSR count). The molecular formula is C15H21N3O. The van der Waals surface area contributed by atoms with E-state index < -0.39 is 0 Å². The predicted molar refractivity (Wildman–Crippen MR) is 76.5 cm³/mol. The zero-order valence-electron chi connectivity index (χ0n) is 11.4. The third-order valence-corrected chi connectivity index (χ3v) is 4.10. The van der Waals surface area contributed by atoms with Crippen LogP contribution < -0.4 is 10.2 Å². The van der Waals surface area contributed by atoms with Gasteiger partial charge >= 0.3 is 6.03 Å². The van der Waals surface area contributed by atoms with Gasteiger partial charge in [-0.1, -0.05) is 12.1 Å². The quantitative estimate of drug-likeness (QED) is 0.881. The van der Waals surface area contributed by atoms with Gasteiger partial charge in [0, 0.05) is 24.8 Å². The Balaban J connectivity index is 1.74. The smallest absolute Gasteiger partial charge is 0.319 e. The van der Waals surface area contributed by atoms with Crippen LogP contribution in [0, 0.1) is 6.92 Å². The molecule has 0 aliphatic carbocycles. The average molecular weight is 259 g/mol. The number of hydrogen-bond donors (Lipinski definition) is 1. The number of benzene rings is 1. The standard InChI is InChI=1S/C15H21N3O/c1-12-3-2-4-14(11-12)18-10-9-17(15(18)19)13-5-7-16-8-6-13/h2-4,11,13,16H,5-10H2,1H3. The number of nitrogens with zero attached hydrogens (tertiary/aromatic N) is 2. The molecule has 19 heavy (non-hydrogen) atoms. The highest BCUT2D eigenvalue weighted by molar-refractivity contribution is 5.94. The van der Waals surface area contributed by atoms with E-state index >= 15 is 0 Å². The fourth-order valence-corrected chi connectivity index (χ4v) is 3.05. The number of urea groups is 1. The summed E-state index contributed by atoms with van der Waals surface area (Å²) in [7, 11) is 0. The highest BCUT2D eigenvalue weighted by Crippen LogP contribution is 2.24. The Kier molecular flexibility index (Phi) is 3.42. The van der Waals surface area contributed by atoms with Crippen molar-refractivity contribution in [3.05, 3.63) is 29.8 Å². The molecule has 0 bridgehead atoms. The number of amides is 2. The second kappa shape index (κ2) is 5.21. The summed E-state index contributed by atoms with van der Waals surface area (Å²) in [4.78, 5) is 16.5. The molecule has 2 heterocycles. The first-order valence-corrected chi connectivity index (χ1v) is 7.11. The van der Waals surface area contributed by atoms with Crippen LogP contribution in [0.25, 0.3) is 0 Å². The van der Waals surface area contributed by atoms with Gasteiger partial charge < -0.3 is 10.2 Å². The molecule has 2 saturated heterocycles. The lowest BCUT2D eigenvalue weighted by atomic mass is 10.1. The molecule has 4 nitrogen and oxygen atoms in total. The lowest BCUT2D eigenvalue weighted by Crippen LogP contribution is -2.45. The Bertz CT molecular complexity index is 468. The second-order valence-electron chi connectivity index (χ2n) is 5.45. The van der Waals surface area contributed by atoms with Crippen LogP contribution in [-0.2, 0) is 0 Å². The first-order chi connectivity index (χ1) is 9.25. The molecular weight excluding hydrogens is 238 g/mol. The summed E-state index contributed by atoms with van der Waals surface area (Å²) in [5.74, 6) is 0.